The van der Waals surface area contributed by atoms with Crippen molar-refractivity contribution in [2.75, 3.05) is 20.2 Å². The maximum absolute atomic E-state index is 12.5. The number of methoxy groups -OCH3 is 1. The number of hydrogen-bond donors (Lipinski definition) is 1. The number of benzene rings is 1. The Bertz CT molecular complexity index is 468. The van der Waals surface area contributed by atoms with Crippen LogP contribution in [0.15, 0.2) is 24.3 Å². The van der Waals surface area contributed by atoms with Gasteiger partial charge < -0.3 is 15.0 Å². The van der Waals surface area contributed by atoms with Gasteiger partial charge in [0.1, 0.15) is 5.75 Å². The van der Waals surface area contributed by atoms with Gasteiger partial charge >= 0.3 is 0 Å². The quantitative estimate of drug-likeness (QED) is 0.916. The summed E-state index contributed by atoms with van der Waals surface area (Å²) in [7, 11) is 1.64. The molecule has 1 saturated heterocycles. The second-order valence-electron chi connectivity index (χ2n) is 6.16. The Hall–Kier alpha value is -1.55. The van der Waals surface area contributed by atoms with Gasteiger partial charge in [-0.1, -0.05) is 12.1 Å². The number of carbonyl (C=O) groups excluding carboxylic acids is 1. The highest BCUT2D eigenvalue weighted by molar-refractivity contribution is 5.79. The van der Waals surface area contributed by atoms with E-state index in [0.717, 1.165) is 24.4 Å². The van der Waals surface area contributed by atoms with Crippen LogP contribution >= 0.6 is 0 Å². The lowest BCUT2D eigenvalue weighted by Gasteiger charge is -2.43. The first-order valence-corrected chi connectivity index (χ1v) is 7.09. The van der Waals surface area contributed by atoms with Crippen LogP contribution < -0.4 is 10.1 Å². The molecule has 1 N–H and O–H groups in total. The monoisotopic (exact) mass is 276 g/mol. The first-order valence-electron chi connectivity index (χ1n) is 7.09. The highest BCUT2D eigenvalue weighted by Crippen LogP contribution is 2.17. The summed E-state index contributed by atoms with van der Waals surface area (Å²) in [4.78, 5) is 14.5. The fourth-order valence-corrected chi connectivity index (χ4v) is 2.53. The molecule has 0 aliphatic carbocycles. The summed E-state index contributed by atoms with van der Waals surface area (Å²) in [5.74, 6) is 1.01. The fourth-order valence-electron chi connectivity index (χ4n) is 2.53. The maximum atomic E-state index is 12.5. The smallest absolute Gasteiger partial charge is 0.227 e. The molecule has 1 fully saturated rings. The summed E-state index contributed by atoms with van der Waals surface area (Å²) in [6, 6.07) is 7.94. The van der Waals surface area contributed by atoms with Crippen molar-refractivity contribution in [1.82, 2.24) is 10.2 Å². The van der Waals surface area contributed by atoms with Gasteiger partial charge in [0.05, 0.1) is 13.5 Å². The van der Waals surface area contributed by atoms with Crippen LogP contribution in [0.4, 0.5) is 0 Å². The summed E-state index contributed by atoms with van der Waals surface area (Å²) in [5, 5.41) is 3.46. The molecule has 1 heterocycles. The Balaban J connectivity index is 2.02. The van der Waals surface area contributed by atoms with E-state index in [-0.39, 0.29) is 17.5 Å². The van der Waals surface area contributed by atoms with Crippen molar-refractivity contribution < 1.29 is 9.53 Å². The number of carbonyl (C=O) groups is 1. The molecule has 1 aliphatic rings. The molecule has 1 atom stereocenters. The van der Waals surface area contributed by atoms with Gasteiger partial charge in [-0.05, 0) is 38.5 Å². The van der Waals surface area contributed by atoms with Crippen LogP contribution in [-0.4, -0.2) is 42.6 Å². The molecule has 20 heavy (non-hydrogen) atoms. The van der Waals surface area contributed by atoms with Crippen molar-refractivity contribution in [3.63, 3.8) is 0 Å². The highest BCUT2D eigenvalue weighted by Gasteiger charge is 2.32. The van der Waals surface area contributed by atoms with E-state index < -0.39 is 0 Å². The minimum Gasteiger partial charge on any atom is -0.497 e. The maximum Gasteiger partial charge on any atom is 0.227 e. The highest BCUT2D eigenvalue weighted by atomic mass is 16.5. The van der Waals surface area contributed by atoms with Gasteiger partial charge in [0.15, 0.2) is 0 Å². The zero-order valence-electron chi connectivity index (χ0n) is 12.8. The summed E-state index contributed by atoms with van der Waals surface area (Å²) < 4.78 is 5.13. The molecule has 1 aliphatic heterocycles. The lowest BCUT2D eigenvalue weighted by atomic mass is 9.98. The Labute approximate surface area is 121 Å². The lowest BCUT2D eigenvalue weighted by Crippen LogP contribution is -2.62. The van der Waals surface area contributed by atoms with Gasteiger partial charge in [-0.2, -0.15) is 0 Å². The number of amides is 1. The van der Waals surface area contributed by atoms with Gasteiger partial charge in [0, 0.05) is 24.7 Å². The molecule has 0 aromatic heterocycles. The Morgan fingerprint density at radius 2 is 2.05 bits per heavy atom. The van der Waals surface area contributed by atoms with E-state index in [4.69, 9.17) is 4.74 Å². The third-order valence-corrected chi connectivity index (χ3v) is 3.81. The van der Waals surface area contributed by atoms with E-state index in [1.54, 1.807) is 7.11 Å². The van der Waals surface area contributed by atoms with Crippen LogP contribution in [-0.2, 0) is 11.2 Å². The van der Waals surface area contributed by atoms with E-state index in [1.807, 2.05) is 29.2 Å². The summed E-state index contributed by atoms with van der Waals surface area (Å²) >= 11 is 0. The molecule has 1 aromatic rings. The molecule has 1 amide bonds. The first kappa shape index (κ1) is 14.9. The van der Waals surface area contributed by atoms with Gasteiger partial charge in [0.2, 0.25) is 5.91 Å². The van der Waals surface area contributed by atoms with Crippen molar-refractivity contribution in [1.29, 1.82) is 0 Å². The fraction of sp³-hybridized carbons (Fsp3) is 0.562. The second-order valence-corrected chi connectivity index (χ2v) is 6.16. The average molecular weight is 276 g/mol. The minimum atomic E-state index is -0.0118. The van der Waals surface area contributed by atoms with Crippen molar-refractivity contribution in [3.05, 3.63) is 29.8 Å². The van der Waals surface area contributed by atoms with Crippen molar-refractivity contribution in [2.45, 2.75) is 38.8 Å². The van der Waals surface area contributed by atoms with E-state index in [0.29, 0.717) is 6.42 Å². The van der Waals surface area contributed by atoms with Crippen molar-refractivity contribution >= 4 is 5.91 Å². The Morgan fingerprint density at radius 1 is 1.40 bits per heavy atom. The van der Waals surface area contributed by atoms with Crippen LogP contribution in [0.3, 0.4) is 0 Å². The van der Waals surface area contributed by atoms with E-state index in [9.17, 15) is 4.79 Å². The zero-order chi connectivity index (χ0) is 14.8. The predicted molar refractivity (Wildman–Crippen MR) is 80.0 cm³/mol. The second kappa shape index (κ2) is 5.83. The standard InChI is InChI=1S/C16H24N2O2/c1-12-10-17-16(2,3)11-18(12)15(19)9-13-5-7-14(20-4)8-6-13/h5-8,12,17H,9-11H2,1-4H3. The van der Waals surface area contributed by atoms with Crippen molar-refractivity contribution in [2.24, 2.45) is 0 Å². The Morgan fingerprint density at radius 3 is 2.65 bits per heavy atom. The minimum absolute atomic E-state index is 0.0118. The van der Waals surface area contributed by atoms with E-state index >= 15 is 0 Å². The molecule has 1 unspecified atom stereocenters. The van der Waals surface area contributed by atoms with Crippen LogP contribution in [0.1, 0.15) is 26.3 Å². The molecule has 0 bridgehead atoms. The molecule has 4 nitrogen and oxygen atoms in total. The number of hydrogen-bond acceptors (Lipinski definition) is 3. The topological polar surface area (TPSA) is 41.6 Å². The normalized spacial score (nSPS) is 21.6. The van der Waals surface area contributed by atoms with Crippen molar-refractivity contribution in [3.8, 4) is 5.75 Å². The third-order valence-electron chi connectivity index (χ3n) is 3.81. The molecule has 2 rings (SSSR count). The Kier molecular flexibility index (Phi) is 4.33. The molecule has 0 radical (unpaired) electrons. The molecular formula is C16H24N2O2. The summed E-state index contributed by atoms with van der Waals surface area (Å²) in [5.41, 5.74) is 1.02. The van der Waals surface area contributed by atoms with Crippen LogP contribution in [0, 0.1) is 0 Å². The van der Waals surface area contributed by atoms with Crippen LogP contribution in [0.25, 0.3) is 0 Å². The number of ether oxygens (including phenoxy) is 1. The molecule has 110 valence electrons. The van der Waals surface area contributed by atoms with Gasteiger partial charge in [-0.3, -0.25) is 4.79 Å². The van der Waals surface area contributed by atoms with E-state index in [2.05, 4.69) is 26.1 Å². The first-order chi connectivity index (χ1) is 9.41. The molecule has 1 aromatic carbocycles. The average Bonchev–Trinajstić information content (AvgIpc) is 2.42. The summed E-state index contributed by atoms with van der Waals surface area (Å²) in [6.07, 6.45) is 0.449. The lowest BCUT2D eigenvalue weighted by molar-refractivity contribution is -0.135. The SMILES string of the molecule is COc1ccc(CC(=O)N2CC(C)(C)NCC2C)cc1. The van der Waals surface area contributed by atoms with Crippen LogP contribution in [0.2, 0.25) is 0 Å². The molecular weight excluding hydrogens is 252 g/mol. The van der Waals surface area contributed by atoms with Gasteiger partial charge in [0.25, 0.3) is 0 Å². The predicted octanol–water partition coefficient (Wildman–Crippen LogP) is 1.84. The summed E-state index contributed by atoms with van der Waals surface area (Å²) in [6.45, 7) is 7.96. The zero-order valence-corrected chi connectivity index (χ0v) is 12.8. The molecule has 4 heteroatoms. The molecule has 0 saturated carbocycles. The van der Waals surface area contributed by atoms with Gasteiger partial charge in [-0.25, -0.2) is 0 Å². The number of nitrogens with one attached hydrogen (secondary N) is 1. The number of piperazine rings is 1. The molecule has 0 spiro atoms. The van der Waals surface area contributed by atoms with E-state index in [1.165, 1.54) is 0 Å². The van der Waals surface area contributed by atoms with Gasteiger partial charge in [-0.15, -0.1) is 0 Å². The number of rotatable bonds is 3. The number of nitrogens with zero attached hydrogens (tertiary/aromatic N) is 1. The largest absolute Gasteiger partial charge is 0.497 e. The third kappa shape index (κ3) is 3.51. The van der Waals surface area contributed by atoms with Crippen LogP contribution in [0.5, 0.6) is 5.75 Å².